The van der Waals surface area contributed by atoms with Crippen LogP contribution in [0.2, 0.25) is 0 Å². The van der Waals surface area contributed by atoms with Crippen LogP contribution >= 0.6 is 9.24 Å². The fourth-order valence-corrected chi connectivity index (χ4v) is 0.961. The summed E-state index contributed by atoms with van der Waals surface area (Å²) in [5.74, 6) is 0. The largest absolute Gasteiger partial charge is 0.399 e. The summed E-state index contributed by atoms with van der Waals surface area (Å²) in [5.41, 5.74) is 6.38. The molecule has 0 spiro atoms. The fourth-order valence-electron chi connectivity index (χ4n) is 0.753. The summed E-state index contributed by atoms with van der Waals surface area (Å²) in [6.07, 6.45) is 9.95. The van der Waals surface area contributed by atoms with Crippen LogP contribution in [0.25, 0.3) is 0 Å². The molecular formula is C8H12NP. The van der Waals surface area contributed by atoms with Crippen molar-refractivity contribution in [3.8, 4) is 0 Å². The fraction of sp³-hybridized carbons (Fsp3) is 0.250. The van der Waals surface area contributed by atoms with Gasteiger partial charge in [0.1, 0.15) is 0 Å². The van der Waals surface area contributed by atoms with Crippen LogP contribution in [0, 0.1) is 0 Å². The second kappa shape index (κ2) is 2.59. The van der Waals surface area contributed by atoms with E-state index in [0.29, 0.717) is 0 Å². The van der Waals surface area contributed by atoms with Gasteiger partial charge in [0.05, 0.1) is 0 Å². The lowest BCUT2D eigenvalue weighted by Crippen LogP contribution is -2.05. The molecule has 0 fully saturated rings. The van der Waals surface area contributed by atoms with Gasteiger partial charge in [-0.1, -0.05) is 18.2 Å². The average molecular weight is 153 g/mol. The molecule has 1 rings (SSSR count). The van der Waals surface area contributed by atoms with E-state index in [2.05, 4.69) is 28.3 Å². The number of allylic oxidation sites excluding steroid dienone is 5. The number of hydrogen-bond acceptors (Lipinski definition) is 1. The van der Waals surface area contributed by atoms with Gasteiger partial charge >= 0.3 is 0 Å². The molecule has 2 atom stereocenters. The van der Waals surface area contributed by atoms with Gasteiger partial charge < -0.3 is 5.73 Å². The molecule has 2 N–H and O–H groups in total. The third-order valence-corrected chi connectivity index (χ3v) is 1.76. The monoisotopic (exact) mass is 153 g/mol. The summed E-state index contributed by atoms with van der Waals surface area (Å²) in [5, 5.41) is 0.0671. The minimum atomic E-state index is 0.0671. The van der Waals surface area contributed by atoms with Crippen LogP contribution in [0.5, 0.6) is 0 Å². The maximum absolute atomic E-state index is 5.57. The van der Waals surface area contributed by atoms with Crippen molar-refractivity contribution in [3.05, 3.63) is 36.1 Å². The highest BCUT2D eigenvalue weighted by atomic mass is 31.0. The lowest BCUT2D eigenvalue weighted by atomic mass is 10.1. The van der Waals surface area contributed by atoms with Gasteiger partial charge in [0.2, 0.25) is 0 Å². The lowest BCUT2D eigenvalue weighted by Gasteiger charge is -2.11. The molecule has 1 aliphatic carbocycles. The second-order valence-corrected chi connectivity index (χ2v) is 3.97. The molecule has 2 unspecified atom stereocenters. The Bertz CT molecular complexity index is 211. The SMILES string of the molecule is CC1(P)C=CC=C(N)C=C1. The Morgan fingerprint density at radius 3 is 2.90 bits per heavy atom. The van der Waals surface area contributed by atoms with Gasteiger partial charge in [-0.2, -0.15) is 0 Å². The molecule has 1 aliphatic rings. The first-order chi connectivity index (χ1) is 4.60. The molecule has 2 heteroatoms. The van der Waals surface area contributed by atoms with Crippen molar-refractivity contribution in [2.45, 2.75) is 12.1 Å². The third kappa shape index (κ3) is 2.00. The molecule has 0 heterocycles. The van der Waals surface area contributed by atoms with Gasteiger partial charge in [0.25, 0.3) is 0 Å². The Kier molecular flexibility index (Phi) is 1.96. The molecule has 0 aromatic rings. The molecule has 0 radical (unpaired) electrons. The maximum Gasteiger partial charge on any atom is 0.0311 e. The molecule has 10 heavy (non-hydrogen) atoms. The quantitative estimate of drug-likeness (QED) is 0.525. The van der Waals surface area contributed by atoms with Crippen molar-refractivity contribution in [1.29, 1.82) is 0 Å². The molecule has 0 bridgehead atoms. The number of nitrogens with two attached hydrogens (primary N) is 1. The van der Waals surface area contributed by atoms with Gasteiger partial charge in [-0.15, -0.1) is 9.24 Å². The molecular weight excluding hydrogens is 141 g/mol. The summed E-state index contributed by atoms with van der Waals surface area (Å²) in [6.45, 7) is 2.11. The molecule has 54 valence electrons. The van der Waals surface area contributed by atoms with E-state index in [1.54, 1.807) is 0 Å². The van der Waals surface area contributed by atoms with Gasteiger partial charge in [-0.3, -0.25) is 0 Å². The lowest BCUT2D eigenvalue weighted by molar-refractivity contribution is 1.01. The minimum Gasteiger partial charge on any atom is -0.399 e. The topological polar surface area (TPSA) is 26.0 Å². The first-order valence-corrected chi connectivity index (χ1v) is 3.81. The van der Waals surface area contributed by atoms with E-state index < -0.39 is 0 Å². The first kappa shape index (κ1) is 7.56. The third-order valence-electron chi connectivity index (χ3n) is 1.38. The van der Waals surface area contributed by atoms with Crippen molar-refractivity contribution in [2.24, 2.45) is 5.73 Å². The average Bonchev–Trinajstić information content (AvgIpc) is 1.94. The van der Waals surface area contributed by atoms with Crippen LogP contribution in [0.4, 0.5) is 0 Å². The van der Waals surface area contributed by atoms with E-state index in [0.717, 1.165) is 5.70 Å². The zero-order valence-corrected chi connectivity index (χ0v) is 7.20. The Hall–Kier alpha value is -0.550. The van der Waals surface area contributed by atoms with E-state index in [-0.39, 0.29) is 5.16 Å². The van der Waals surface area contributed by atoms with Gasteiger partial charge in [-0.05, 0) is 19.1 Å². The predicted molar refractivity (Wildman–Crippen MR) is 48.7 cm³/mol. The zero-order chi connectivity index (χ0) is 7.61. The second-order valence-electron chi connectivity index (χ2n) is 2.73. The van der Waals surface area contributed by atoms with E-state index in [1.165, 1.54) is 0 Å². The van der Waals surface area contributed by atoms with E-state index in [9.17, 15) is 0 Å². The van der Waals surface area contributed by atoms with Crippen molar-refractivity contribution in [1.82, 2.24) is 0 Å². The summed E-state index contributed by atoms with van der Waals surface area (Å²) < 4.78 is 0. The van der Waals surface area contributed by atoms with Gasteiger partial charge in [-0.25, -0.2) is 0 Å². The summed E-state index contributed by atoms with van der Waals surface area (Å²) in [7, 11) is 2.75. The number of hydrogen-bond donors (Lipinski definition) is 1. The molecule has 0 aromatic carbocycles. The first-order valence-electron chi connectivity index (χ1n) is 3.23. The normalized spacial score (nSPS) is 31.6. The Labute approximate surface area is 63.9 Å². The molecule has 0 aliphatic heterocycles. The van der Waals surface area contributed by atoms with Crippen LogP contribution in [-0.4, -0.2) is 5.16 Å². The van der Waals surface area contributed by atoms with Crippen molar-refractivity contribution in [3.63, 3.8) is 0 Å². The summed E-state index contributed by atoms with van der Waals surface area (Å²) >= 11 is 0. The molecule has 0 amide bonds. The molecule has 0 aromatic heterocycles. The van der Waals surface area contributed by atoms with Crippen LogP contribution < -0.4 is 5.73 Å². The molecule has 0 saturated carbocycles. The Morgan fingerprint density at radius 2 is 2.20 bits per heavy atom. The van der Waals surface area contributed by atoms with Crippen LogP contribution in [0.15, 0.2) is 36.1 Å². The Balaban J connectivity index is 2.88. The highest BCUT2D eigenvalue weighted by molar-refractivity contribution is 7.19. The van der Waals surface area contributed by atoms with Gasteiger partial charge in [0.15, 0.2) is 0 Å². The molecule has 0 saturated heterocycles. The van der Waals surface area contributed by atoms with Crippen LogP contribution in [0.1, 0.15) is 6.92 Å². The summed E-state index contributed by atoms with van der Waals surface area (Å²) in [4.78, 5) is 0. The standard InChI is InChI=1S/C8H12NP/c1-8(10)5-2-3-7(9)4-6-8/h2-6H,9-10H2,1H3. The van der Waals surface area contributed by atoms with Gasteiger partial charge in [0, 0.05) is 10.9 Å². The smallest absolute Gasteiger partial charge is 0.0311 e. The van der Waals surface area contributed by atoms with E-state index in [4.69, 9.17) is 5.73 Å². The van der Waals surface area contributed by atoms with Crippen molar-refractivity contribution < 1.29 is 0 Å². The van der Waals surface area contributed by atoms with Crippen LogP contribution in [0.3, 0.4) is 0 Å². The predicted octanol–water partition coefficient (Wildman–Crippen LogP) is 1.59. The summed E-state index contributed by atoms with van der Waals surface area (Å²) in [6, 6.07) is 0. The van der Waals surface area contributed by atoms with Crippen molar-refractivity contribution >= 4 is 9.24 Å². The minimum absolute atomic E-state index is 0.0671. The Morgan fingerprint density at radius 1 is 1.50 bits per heavy atom. The van der Waals surface area contributed by atoms with Crippen molar-refractivity contribution in [2.75, 3.05) is 0 Å². The highest BCUT2D eigenvalue weighted by Crippen LogP contribution is 2.22. The van der Waals surface area contributed by atoms with E-state index in [1.807, 2.05) is 18.2 Å². The maximum atomic E-state index is 5.57. The zero-order valence-electron chi connectivity index (χ0n) is 6.04. The molecule has 1 nitrogen and oxygen atoms in total. The van der Waals surface area contributed by atoms with E-state index >= 15 is 0 Å². The highest BCUT2D eigenvalue weighted by Gasteiger charge is 2.09. The number of rotatable bonds is 0. The van der Waals surface area contributed by atoms with Crippen LogP contribution in [-0.2, 0) is 0 Å².